The Labute approximate surface area is 113 Å². The van der Waals surface area contributed by atoms with E-state index in [1.165, 1.54) is 11.6 Å². The average molecular weight is 258 g/mol. The fraction of sp³-hybridized carbons (Fsp3) is 0.312. The van der Waals surface area contributed by atoms with Gasteiger partial charge in [-0.25, -0.2) is 4.39 Å². The molecule has 100 valence electrons. The van der Waals surface area contributed by atoms with Crippen molar-refractivity contribution < 1.29 is 4.39 Å². The highest BCUT2D eigenvalue weighted by atomic mass is 19.1. The van der Waals surface area contributed by atoms with E-state index in [-0.39, 0.29) is 5.82 Å². The lowest BCUT2D eigenvalue weighted by Crippen LogP contribution is -2.08. The van der Waals surface area contributed by atoms with E-state index < -0.39 is 0 Å². The summed E-state index contributed by atoms with van der Waals surface area (Å²) in [6.07, 6.45) is 3.55. The summed E-state index contributed by atoms with van der Waals surface area (Å²) in [5.41, 5.74) is 4.30. The van der Waals surface area contributed by atoms with E-state index in [2.05, 4.69) is 23.3 Å². The number of rotatable bonds is 5. The zero-order valence-electron chi connectivity index (χ0n) is 11.4. The Morgan fingerprint density at radius 2 is 2.00 bits per heavy atom. The number of halogens is 1. The van der Waals surface area contributed by atoms with Crippen LogP contribution in [-0.2, 0) is 19.4 Å². The van der Waals surface area contributed by atoms with Crippen molar-refractivity contribution in [3.05, 3.63) is 64.7 Å². The van der Waals surface area contributed by atoms with Crippen LogP contribution in [0.3, 0.4) is 0 Å². The monoisotopic (exact) mass is 258 g/mol. The summed E-state index contributed by atoms with van der Waals surface area (Å²) < 4.78 is 13.4. The van der Waals surface area contributed by atoms with Gasteiger partial charge in [0, 0.05) is 24.9 Å². The van der Waals surface area contributed by atoms with Gasteiger partial charge in [0.05, 0.1) is 0 Å². The van der Waals surface area contributed by atoms with Crippen LogP contribution in [0.2, 0.25) is 0 Å². The van der Waals surface area contributed by atoms with Crippen molar-refractivity contribution in [2.75, 3.05) is 7.05 Å². The molecule has 1 aromatic carbocycles. The summed E-state index contributed by atoms with van der Waals surface area (Å²) in [5, 5.41) is 3.11. The van der Waals surface area contributed by atoms with Crippen molar-refractivity contribution in [3.63, 3.8) is 0 Å². The number of pyridine rings is 1. The molecule has 2 aromatic rings. The van der Waals surface area contributed by atoms with E-state index in [4.69, 9.17) is 0 Å². The number of aryl methyl sites for hydroxylation is 1. The second kappa shape index (κ2) is 6.43. The molecule has 0 saturated heterocycles. The van der Waals surface area contributed by atoms with Crippen LogP contribution < -0.4 is 5.32 Å². The first-order valence-electron chi connectivity index (χ1n) is 6.58. The van der Waals surface area contributed by atoms with Crippen molar-refractivity contribution in [3.8, 4) is 0 Å². The van der Waals surface area contributed by atoms with Crippen molar-refractivity contribution >= 4 is 0 Å². The van der Waals surface area contributed by atoms with Crippen molar-refractivity contribution in [1.82, 2.24) is 10.3 Å². The summed E-state index contributed by atoms with van der Waals surface area (Å²) in [4.78, 5) is 4.43. The molecule has 0 radical (unpaired) electrons. The van der Waals surface area contributed by atoms with Crippen LogP contribution in [0.5, 0.6) is 0 Å². The van der Waals surface area contributed by atoms with Gasteiger partial charge in [-0.05, 0) is 48.4 Å². The maximum Gasteiger partial charge on any atom is 0.123 e. The molecule has 0 aliphatic rings. The fourth-order valence-corrected chi connectivity index (χ4v) is 2.09. The third kappa shape index (κ3) is 3.61. The van der Waals surface area contributed by atoms with Crippen LogP contribution >= 0.6 is 0 Å². The molecule has 19 heavy (non-hydrogen) atoms. The summed E-state index contributed by atoms with van der Waals surface area (Å²) >= 11 is 0. The molecule has 3 heteroatoms. The summed E-state index contributed by atoms with van der Waals surface area (Å²) in [5.74, 6) is -0.194. The Bertz CT molecular complexity index is 535. The molecule has 1 N–H and O–H groups in total. The van der Waals surface area contributed by atoms with Gasteiger partial charge in [-0.1, -0.05) is 19.1 Å². The molecule has 0 amide bonds. The highest BCUT2D eigenvalue weighted by Gasteiger charge is 2.06. The van der Waals surface area contributed by atoms with Crippen molar-refractivity contribution in [2.24, 2.45) is 0 Å². The van der Waals surface area contributed by atoms with Gasteiger partial charge in [0.1, 0.15) is 5.82 Å². The number of benzene rings is 1. The van der Waals surface area contributed by atoms with Crippen LogP contribution in [0.15, 0.2) is 36.5 Å². The van der Waals surface area contributed by atoms with Gasteiger partial charge >= 0.3 is 0 Å². The predicted molar refractivity (Wildman–Crippen MR) is 75.6 cm³/mol. The average Bonchev–Trinajstić information content (AvgIpc) is 2.43. The smallest absolute Gasteiger partial charge is 0.123 e. The molecule has 0 spiro atoms. The number of hydrogen-bond donors (Lipinski definition) is 1. The Morgan fingerprint density at radius 1 is 1.16 bits per heavy atom. The third-order valence-electron chi connectivity index (χ3n) is 3.20. The molecule has 2 rings (SSSR count). The third-order valence-corrected chi connectivity index (χ3v) is 3.20. The largest absolute Gasteiger partial charge is 0.316 e. The molecule has 0 unspecified atom stereocenters. The zero-order chi connectivity index (χ0) is 13.7. The van der Waals surface area contributed by atoms with Gasteiger partial charge in [-0.2, -0.15) is 0 Å². The van der Waals surface area contributed by atoms with Gasteiger partial charge in [0.2, 0.25) is 0 Å². The highest BCUT2D eigenvalue weighted by Crippen LogP contribution is 2.15. The summed E-state index contributed by atoms with van der Waals surface area (Å²) in [6.45, 7) is 2.84. The Morgan fingerprint density at radius 3 is 2.63 bits per heavy atom. The fourth-order valence-electron chi connectivity index (χ4n) is 2.09. The minimum absolute atomic E-state index is 0.194. The Kier molecular flexibility index (Phi) is 4.63. The topological polar surface area (TPSA) is 24.9 Å². The molecular formula is C16H19FN2. The normalized spacial score (nSPS) is 10.7. The summed E-state index contributed by atoms with van der Waals surface area (Å²) in [6, 6.07) is 9.04. The second-order valence-corrected chi connectivity index (χ2v) is 4.63. The molecule has 0 fully saturated rings. The molecule has 1 aromatic heterocycles. The lowest BCUT2D eigenvalue weighted by molar-refractivity contribution is 0.623. The van der Waals surface area contributed by atoms with Crippen molar-refractivity contribution in [2.45, 2.75) is 26.3 Å². The van der Waals surface area contributed by atoms with Gasteiger partial charge in [-0.3, -0.25) is 4.98 Å². The van der Waals surface area contributed by atoms with Gasteiger partial charge in [0.25, 0.3) is 0 Å². The molecule has 0 saturated carbocycles. The number of nitrogens with one attached hydrogen (secondary N) is 1. The first-order chi connectivity index (χ1) is 9.22. The molecule has 0 bridgehead atoms. The van der Waals surface area contributed by atoms with E-state index in [9.17, 15) is 4.39 Å². The van der Waals surface area contributed by atoms with Gasteiger partial charge in [-0.15, -0.1) is 0 Å². The zero-order valence-corrected chi connectivity index (χ0v) is 11.4. The standard InChI is InChI=1S/C16H19FN2/c1-3-12-4-7-16(19-10-12)9-14-8-15(17)6-5-13(14)11-18-2/h4-8,10,18H,3,9,11H2,1-2H3. The van der Waals surface area contributed by atoms with Crippen LogP contribution in [0, 0.1) is 5.82 Å². The minimum atomic E-state index is -0.194. The van der Waals surface area contributed by atoms with Crippen LogP contribution in [-0.4, -0.2) is 12.0 Å². The number of hydrogen-bond acceptors (Lipinski definition) is 2. The SMILES string of the molecule is CCc1ccc(Cc2cc(F)ccc2CNC)nc1. The molecule has 0 aliphatic carbocycles. The number of aromatic nitrogens is 1. The molecule has 0 atom stereocenters. The molecule has 0 aliphatic heterocycles. The van der Waals surface area contributed by atoms with Gasteiger partial charge in [0.15, 0.2) is 0 Å². The van der Waals surface area contributed by atoms with Crippen LogP contribution in [0.1, 0.15) is 29.3 Å². The van der Waals surface area contributed by atoms with Crippen LogP contribution in [0.25, 0.3) is 0 Å². The first kappa shape index (κ1) is 13.7. The van der Waals surface area contributed by atoms with Crippen molar-refractivity contribution in [1.29, 1.82) is 0 Å². The van der Waals surface area contributed by atoms with E-state index in [0.717, 1.165) is 29.8 Å². The Hall–Kier alpha value is -1.74. The van der Waals surface area contributed by atoms with E-state index >= 15 is 0 Å². The lowest BCUT2D eigenvalue weighted by atomic mass is 10.0. The maximum absolute atomic E-state index is 13.4. The highest BCUT2D eigenvalue weighted by molar-refractivity contribution is 5.32. The van der Waals surface area contributed by atoms with Gasteiger partial charge < -0.3 is 5.32 Å². The summed E-state index contributed by atoms with van der Waals surface area (Å²) in [7, 11) is 1.89. The van der Waals surface area contributed by atoms with Crippen LogP contribution in [0.4, 0.5) is 4.39 Å². The Balaban J connectivity index is 2.23. The first-order valence-corrected chi connectivity index (χ1v) is 6.58. The van der Waals surface area contributed by atoms with E-state index in [1.54, 1.807) is 6.07 Å². The predicted octanol–water partition coefficient (Wildman–Crippen LogP) is 3.09. The molecule has 2 nitrogen and oxygen atoms in total. The minimum Gasteiger partial charge on any atom is -0.316 e. The molecular weight excluding hydrogens is 239 g/mol. The molecule has 1 heterocycles. The second-order valence-electron chi connectivity index (χ2n) is 4.63. The maximum atomic E-state index is 13.4. The van der Waals surface area contributed by atoms with E-state index in [1.807, 2.05) is 25.4 Å². The number of nitrogens with zero attached hydrogens (tertiary/aromatic N) is 1. The lowest BCUT2D eigenvalue weighted by Gasteiger charge is -2.09. The quantitative estimate of drug-likeness (QED) is 0.891. The van der Waals surface area contributed by atoms with E-state index in [0.29, 0.717) is 6.42 Å².